The van der Waals surface area contributed by atoms with Crippen molar-refractivity contribution in [1.82, 2.24) is 0 Å². The molecule has 0 radical (unpaired) electrons. The number of nitrogens with zero attached hydrogens (tertiary/aromatic N) is 2. The first-order valence-corrected chi connectivity index (χ1v) is 12.7. The molecule has 0 aliphatic carbocycles. The van der Waals surface area contributed by atoms with Gasteiger partial charge in [0.2, 0.25) is 0 Å². The van der Waals surface area contributed by atoms with Crippen molar-refractivity contribution in [3.8, 4) is 23.6 Å². The van der Waals surface area contributed by atoms with E-state index in [9.17, 15) is 5.11 Å². The van der Waals surface area contributed by atoms with Crippen molar-refractivity contribution in [3.05, 3.63) is 58.7 Å². The van der Waals surface area contributed by atoms with Crippen LogP contribution in [0.3, 0.4) is 0 Å². The van der Waals surface area contributed by atoms with Crippen LogP contribution in [0.5, 0.6) is 11.5 Å². The van der Waals surface area contributed by atoms with Crippen molar-refractivity contribution >= 4 is 15.9 Å². The Morgan fingerprint density at radius 1 is 0.750 bits per heavy atom. The molecule has 0 aromatic heterocycles. The maximum atomic E-state index is 9.33. The number of hydrogen-bond acceptors (Lipinski definition) is 9. The molecule has 10 heteroatoms. The summed E-state index contributed by atoms with van der Waals surface area (Å²) in [5.41, 5.74) is 2.81. The molecular weight excluding hydrogens is 532 g/mol. The van der Waals surface area contributed by atoms with Gasteiger partial charge in [-0.1, -0.05) is 28.1 Å². The maximum absolute atomic E-state index is 9.33. The van der Waals surface area contributed by atoms with E-state index in [1.807, 2.05) is 18.0 Å². The summed E-state index contributed by atoms with van der Waals surface area (Å²) in [6, 6.07) is 14.2. The van der Waals surface area contributed by atoms with Crippen LogP contribution < -0.4 is 4.74 Å². The lowest BCUT2D eigenvalue weighted by molar-refractivity contribution is 0.0178. The lowest BCUT2D eigenvalue weighted by Gasteiger charge is -2.11. The molecule has 0 aliphatic rings. The quantitative estimate of drug-likeness (QED) is 0.231. The Bertz CT molecular complexity index is 929. The highest BCUT2D eigenvalue weighted by Crippen LogP contribution is 2.21. The van der Waals surface area contributed by atoms with Crippen LogP contribution in [0.15, 0.2) is 36.4 Å². The van der Waals surface area contributed by atoms with E-state index in [1.165, 1.54) is 6.07 Å². The molecule has 0 saturated carbocycles. The van der Waals surface area contributed by atoms with Crippen LogP contribution in [0.2, 0.25) is 0 Å². The van der Waals surface area contributed by atoms with Crippen LogP contribution in [-0.2, 0) is 40.3 Å². The van der Waals surface area contributed by atoms with E-state index in [0.717, 1.165) is 11.1 Å². The van der Waals surface area contributed by atoms with Crippen molar-refractivity contribution in [2.75, 3.05) is 52.6 Å². The van der Waals surface area contributed by atoms with Gasteiger partial charge in [-0.2, -0.15) is 10.5 Å². The minimum Gasteiger partial charge on any atom is -0.508 e. The van der Waals surface area contributed by atoms with Crippen molar-refractivity contribution in [2.24, 2.45) is 0 Å². The molecule has 2 aromatic rings. The molecule has 0 unspecified atom stereocenters. The molecule has 0 atom stereocenters. The number of nitriles is 2. The Labute approximate surface area is 221 Å². The number of aromatic hydroxyl groups is 1. The molecule has 2 rings (SSSR count). The first-order valence-electron chi connectivity index (χ1n) is 11.1. The molecule has 0 amide bonds. The minimum atomic E-state index is -0.203. The first-order chi connectivity index (χ1) is 17.6. The average molecular weight is 567 g/mol. The monoisotopic (exact) mass is 566 g/mol. The fraction of sp³-hybridized carbons (Fsp3) is 0.462. The second-order valence-electron chi connectivity index (χ2n) is 6.96. The molecule has 0 heterocycles. The van der Waals surface area contributed by atoms with E-state index in [1.54, 1.807) is 31.4 Å². The van der Waals surface area contributed by atoms with Gasteiger partial charge in [0, 0.05) is 18.2 Å². The van der Waals surface area contributed by atoms with Gasteiger partial charge in [-0.3, -0.25) is 0 Å². The molecule has 0 aliphatic heterocycles. The smallest absolute Gasteiger partial charge is 0.124 e. The Hall–Kier alpha value is -2.70. The van der Waals surface area contributed by atoms with Crippen molar-refractivity contribution < 1.29 is 34.3 Å². The molecule has 2 aromatic carbocycles. The number of aliphatic hydroxyl groups is 2. The fourth-order valence-electron chi connectivity index (χ4n) is 2.74. The molecule has 9 nitrogen and oxygen atoms in total. The number of halogens is 1. The lowest BCUT2D eigenvalue weighted by Crippen LogP contribution is -2.12. The second kappa shape index (κ2) is 22.7. The molecular formula is C26H35BrN2O7. The van der Waals surface area contributed by atoms with Crippen molar-refractivity contribution in [1.29, 1.82) is 10.5 Å². The number of phenols is 1. The highest BCUT2D eigenvalue weighted by molar-refractivity contribution is 9.08. The molecule has 0 spiro atoms. The van der Waals surface area contributed by atoms with Gasteiger partial charge in [0.05, 0.1) is 71.2 Å². The van der Waals surface area contributed by atoms with Crippen LogP contribution in [-0.4, -0.2) is 67.9 Å². The summed E-state index contributed by atoms with van der Waals surface area (Å²) in [7, 11) is 1.63. The topological polar surface area (TPSA) is 145 Å². The summed E-state index contributed by atoms with van der Waals surface area (Å²) in [4.78, 5) is 0. The zero-order valence-corrected chi connectivity index (χ0v) is 22.4. The molecule has 0 bridgehead atoms. The van der Waals surface area contributed by atoms with Gasteiger partial charge in [-0.25, -0.2) is 0 Å². The van der Waals surface area contributed by atoms with Gasteiger partial charge >= 0.3 is 0 Å². The van der Waals surface area contributed by atoms with Crippen LogP contribution in [0.25, 0.3) is 0 Å². The van der Waals surface area contributed by atoms with E-state index in [4.69, 9.17) is 39.7 Å². The summed E-state index contributed by atoms with van der Waals surface area (Å²) in [5, 5.41) is 44.3. The number of ether oxygens (including phenoxy) is 4. The predicted molar refractivity (Wildman–Crippen MR) is 139 cm³/mol. The largest absolute Gasteiger partial charge is 0.508 e. The van der Waals surface area contributed by atoms with E-state index < -0.39 is 0 Å². The molecule has 0 saturated heterocycles. The van der Waals surface area contributed by atoms with E-state index >= 15 is 0 Å². The first kappa shape index (κ1) is 33.3. The van der Waals surface area contributed by atoms with E-state index in [0.29, 0.717) is 69.4 Å². The van der Waals surface area contributed by atoms with E-state index in [2.05, 4.69) is 22.0 Å². The SMILES string of the molecule is CBr.COCCOCCOCCOc1ccc(CC#N)cc1CO.N#CCc1ccc(O)c(CO)c1. The zero-order valence-electron chi connectivity index (χ0n) is 20.8. The molecule has 0 fully saturated rings. The highest BCUT2D eigenvalue weighted by atomic mass is 79.9. The third kappa shape index (κ3) is 14.6. The standard InChI is InChI=1S/C16H23NO5.C9H9NO2.CH3Br/c1-19-6-7-20-8-9-21-10-11-22-16-3-2-14(4-5-17)12-15(16)13-18;10-4-3-7-1-2-9(12)8(5-7)6-11;1-2/h2-3,12,18H,4,6-11,13H2,1H3;1-2,5,11-12H,3,6H2;1H3. The Morgan fingerprint density at radius 2 is 1.25 bits per heavy atom. The number of benzene rings is 2. The van der Waals surface area contributed by atoms with Gasteiger partial charge in [0.15, 0.2) is 0 Å². The summed E-state index contributed by atoms with van der Waals surface area (Å²) in [6.45, 7) is 2.67. The summed E-state index contributed by atoms with van der Waals surface area (Å²) >= 11 is 2.94. The Kier molecular flexibility index (Phi) is 21.0. The number of aliphatic hydroxyl groups excluding tert-OH is 2. The van der Waals surface area contributed by atoms with Crippen LogP contribution in [0, 0.1) is 22.7 Å². The second-order valence-corrected chi connectivity index (χ2v) is 6.96. The molecule has 3 N–H and O–H groups in total. The summed E-state index contributed by atoms with van der Waals surface area (Å²) < 4.78 is 21.1. The summed E-state index contributed by atoms with van der Waals surface area (Å²) in [6.07, 6.45) is 0.618. The molecule has 198 valence electrons. The summed E-state index contributed by atoms with van der Waals surface area (Å²) in [5.74, 6) is 2.50. The number of hydrogen-bond donors (Lipinski definition) is 3. The van der Waals surface area contributed by atoms with E-state index in [-0.39, 0.29) is 19.0 Å². The van der Waals surface area contributed by atoms with Gasteiger partial charge < -0.3 is 34.3 Å². The normalized spacial score (nSPS) is 9.64. The third-order valence-corrected chi connectivity index (χ3v) is 4.46. The molecule has 36 heavy (non-hydrogen) atoms. The number of rotatable bonds is 14. The highest BCUT2D eigenvalue weighted by Gasteiger charge is 2.05. The van der Waals surface area contributed by atoms with Crippen molar-refractivity contribution in [3.63, 3.8) is 0 Å². The zero-order chi connectivity index (χ0) is 27.0. The predicted octanol–water partition coefficient (Wildman–Crippen LogP) is 3.27. The Balaban J connectivity index is 0.000000735. The van der Waals surface area contributed by atoms with Gasteiger partial charge in [-0.15, -0.1) is 0 Å². The number of methoxy groups -OCH3 is 1. The fourth-order valence-corrected chi connectivity index (χ4v) is 2.74. The lowest BCUT2D eigenvalue weighted by atomic mass is 10.1. The van der Waals surface area contributed by atoms with Crippen molar-refractivity contribution in [2.45, 2.75) is 26.1 Å². The Morgan fingerprint density at radius 3 is 1.78 bits per heavy atom. The van der Waals surface area contributed by atoms with Crippen LogP contribution in [0.4, 0.5) is 0 Å². The number of alkyl halides is 1. The third-order valence-electron chi connectivity index (χ3n) is 4.46. The van der Waals surface area contributed by atoms with Crippen LogP contribution >= 0.6 is 15.9 Å². The van der Waals surface area contributed by atoms with Gasteiger partial charge in [-0.05, 0) is 41.2 Å². The van der Waals surface area contributed by atoms with Crippen LogP contribution in [0.1, 0.15) is 22.3 Å². The van der Waals surface area contributed by atoms with Gasteiger partial charge in [0.25, 0.3) is 0 Å². The minimum absolute atomic E-state index is 0.0687. The average Bonchev–Trinajstić information content (AvgIpc) is 2.91. The van der Waals surface area contributed by atoms with Gasteiger partial charge in [0.1, 0.15) is 18.1 Å². The maximum Gasteiger partial charge on any atom is 0.124 e.